The van der Waals surface area contributed by atoms with Crippen molar-refractivity contribution in [1.29, 1.82) is 0 Å². The molecule has 1 atom stereocenters. The van der Waals surface area contributed by atoms with Crippen molar-refractivity contribution in [1.82, 2.24) is 29.7 Å². The molecule has 0 bridgehead atoms. The van der Waals surface area contributed by atoms with Gasteiger partial charge in [-0.1, -0.05) is 0 Å². The Labute approximate surface area is 218 Å². The van der Waals surface area contributed by atoms with Crippen LogP contribution in [0.15, 0.2) is 40.4 Å². The lowest BCUT2D eigenvalue weighted by Gasteiger charge is -2.18. The smallest absolute Gasteiger partial charge is 0.383 e. The number of benzene rings is 1. The Balaban J connectivity index is 1.29. The Kier molecular flexibility index (Phi) is 6.78. The van der Waals surface area contributed by atoms with E-state index in [2.05, 4.69) is 25.4 Å². The van der Waals surface area contributed by atoms with Crippen LogP contribution < -0.4 is 22.2 Å². The fraction of sp³-hybridized carbons (Fsp3) is 0.360. The highest BCUT2D eigenvalue weighted by atomic mass is 19.4. The van der Waals surface area contributed by atoms with Crippen LogP contribution in [0.25, 0.3) is 22.3 Å². The van der Waals surface area contributed by atoms with Crippen molar-refractivity contribution in [2.75, 3.05) is 11.1 Å². The number of halogens is 4. The van der Waals surface area contributed by atoms with Crippen LogP contribution in [0.5, 0.6) is 0 Å². The van der Waals surface area contributed by atoms with Crippen molar-refractivity contribution in [3.8, 4) is 11.4 Å². The lowest BCUT2D eigenvalue weighted by molar-refractivity contribution is -0.138. The van der Waals surface area contributed by atoms with Gasteiger partial charge in [-0.3, -0.25) is 14.2 Å². The quantitative estimate of drug-likeness (QED) is 0.284. The maximum absolute atomic E-state index is 15.0. The van der Waals surface area contributed by atoms with Gasteiger partial charge < -0.3 is 11.1 Å². The summed E-state index contributed by atoms with van der Waals surface area (Å²) >= 11 is 0. The van der Waals surface area contributed by atoms with Gasteiger partial charge in [0.2, 0.25) is 0 Å². The lowest BCUT2D eigenvalue weighted by Crippen LogP contribution is -2.27. The van der Waals surface area contributed by atoms with Gasteiger partial charge in [0.05, 0.1) is 34.7 Å². The zero-order valence-electron chi connectivity index (χ0n) is 20.7. The third-order valence-corrected chi connectivity index (χ3v) is 6.60. The molecule has 204 valence electrons. The van der Waals surface area contributed by atoms with Crippen LogP contribution in [0.2, 0.25) is 0 Å². The van der Waals surface area contributed by atoms with Gasteiger partial charge in [0.25, 0.3) is 11.1 Å². The minimum absolute atomic E-state index is 0.0666. The number of aryl methyl sites for hydroxylation is 1. The van der Waals surface area contributed by atoms with Gasteiger partial charge in [-0.05, 0) is 50.7 Å². The van der Waals surface area contributed by atoms with Crippen LogP contribution >= 0.6 is 0 Å². The summed E-state index contributed by atoms with van der Waals surface area (Å²) in [6, 6.07) is 2.02. The summed E-state index contributed by atoms with van der Waals surface area (Å²) in [6.45, 7) is 1.84. The molecule has 5 rings (SSSR count). The van der Waals surface area contributed by atoms with E-state index in [-0.39, 0.29) is 28.8 Å². The molecule has 14 heteroatoms. The molecular formula is C25H24F4N8O2. The predicted octanol–water partition coefficient (Wildman–Crippen LogP) is 3.84. The summed E-state index contributed by atoms with van der Waals surface area (Å²) in [7, 11) is 0. The number of rotatable bonds is 8. The zero-order chi connectivity index (χ0) is 27.9. The number of hydrogen-bond acceptors (Lipinski definition) is 8. The van der Waals surface area contributed by atoms with Gasteiger partial charge in [0.15, 0.2) is 5.82 Å². The summed E-state index contributed by atoms with van der Waals surface area (Å²) in [6.07, 6.45) is 1.78. The lowest BCUT2D eigenvalue weighted by atomic mass is 10.1. The van der Waals surface area contributed by atoms with E-state index in [0.717, 1.165) is 30.7 Å². The second kappa shape index (κ2) is 10.1. The Hall–Kier alpha value is -4.36. The van der Waals surface area contributed by atoms with Gasteiger partial charge in [-0.2, -0.15) is 18.3 Å². The van der Waals surface area contributed by atoms with E-state index in [1.54, 1.807) is 18.2 Å². The standard InChI is InChI=1S/C25H24F4N8O2/c1-12(34-19-10-33-36-23(38)20(19)25(27,28)29)3-2-6-37-11-32-18-8-14(17(26)7-15(18)24(37)39)22-31-9-16(13-4-5-13)21(30)35-22/h7-13H,2-6H2,1H3,(H2,30,31,35)(H2,34,36,38)/t12-/m0/s1. The van der Waals surface area contributed by atoms with E-state index in [1.807, 2.05) is 0 Å². The number of fused-ring (bicyclic) bond motifs is 1. The van der Waals surface area contributed by atoms with Crippen molar-refractivity contribution in [2.45, 2.75) is 57.3 Å². The third kappa shape index (κ3) is 5.45. The number of anilines is 2. The Morgan fingerprint density at radius 3 is 2.67 bits per heavy atom. The van der Waals surface area contributed by atoms with Crippen molar-refractivity contribution in [2.24, 2.45) is 0 Å². The van der Waals surface area contributed by atoms with Crippen LogP contribution in [-0.2, 0) is 12.7 Å². The number of nitrogens with one attached hydrogen (secondary N) is 2. The van der Waals surface area contributed by atoms with Crippen LogP contribution in [0.1, 0.15) is 49.7 Å². The molecule has 1 aromatic carbocycles. The van der Waals surface area contributed by atoms with Gasteiger partial charge in [0, 0.05) is 24.3 Å². The van der Waals surface area contributed by atoms with E-state index in [0.29, 0.717) is 24.6 Å². The zero-order valence-corrected chi connectivity index (χ0v) is 20.7. The molecule has 1 aliphatic rings. The van der Waals surface area contributed by atoms with E-state index < -0.39 is 40.4 Å². The first-order valence-corrected chi connectivity index (χ1v) is 12.3. The predicted molar refractivity (Wildman–Crippen MR) is 136 cm³/mol. The Morgan fingerprint density at radius 1 is 1.21 bits per heavy atom. The number of H-pyrrole nitrogens is 1. The molecular weight excluding hydrogens is 520 g/mol. The molecule has 0 amide bonds. The molecule has 3 aromatic heterocycles. The number of nitrogen functional groups attached to an aromatic ring is 1. The van der Waals surface area contributed by atoms with Crippen LogP contribution in [0.3, 0.4) is 0 Å². The molecule has 0 saturated heterocycles. The van der Waals surface area contributed by atoms with Crippen LogP contribution in [-0.4, -0.2) is 35.8 Å². The molecule has 0 unspecified atom stereocenters. The first-order chi connectivity index (χ1) is 18.5. The number of aromatic amines is 1. The van der Waals surface area contributed by atoms with E-state index in [9.17, 15) is 22.8 Å². The fourth-order valence-electron chi connectivity index (χ4n) is 4.45. The fourth-order valence-corrected chi connectivity index (χ4v) is 4.45. The SMILES string of the molecule is C[C@@H](CCCn1cnc2cc(-c3ncc(C4CC4)c(N)n3)c(F)cc2c1=O)Nc1cn[nH]c(=O)c1C(F)(F)F. The summed E-state index contributed by atoms with van der Waals surface area (Å²) < 4.78 is 56.1. The van der Waals surface area contributed by atoms with Crippen molar-refractivity contribution in [3.63, 3.8) is 0 Å². The molecule has 4 N–H and O–H groups in total. The molecule has 1 aliphatic carbocycles. The minimum Gasteiger partial charge on any atom is -0.383 e. The van der Waals surface area contributed by atoms with Gasteiger partial charge >= 0.3 is 6.18 Å². The van der Waals surface area contributed by atoms with Gasteiger partial charge in [-0.25, -0.2) is 24.4 Å². The molecule has 4 aromatic rings. The molecule has 10 nitrogen and oxygen atoms in total. The summed E-state index contributed by atoms with van der Waals surface area (Å²) in [5.41, 5.74) is 3.64. The molecule has 39 heavy (non-hydrogen) atoms. The first kappa shape index (κ1) is 26.3. The molecule has 0 spiro atoms. The highest BCUT2D eigenvalue weighted by Gasteiger charge is 2.37. The number of nitrogens with two attached hydrogens (primary N) is 1. The molecule has 0 aliphatic heterocycles. The number of hydrogen-bond donors (Lipinski definition) is 3. The molecule has 3 heterocycles. The van der Waals surface area contributed by atoms with Crippen molar-refractivity contribution >= 4 is 22.4 Å². The van der Waals surface area contributed by atoms with E-state index >= 15 is 4.39 Å². The van der Waals surface area contributed by atoms with Crippen LogP contribution in [0, 0.1) is 5.82 Å². The monoisotopic (exact) mass is 544 g/mol. The van der Waals surface area contributed by atoms with Crippen molar-refractivity contribution in [3.05, 3.63) is 68.5 Å². The van der Waals surface area contributed by atoms with E-state index in [4.69, 9.17) is 5.73 Å². The highest BCUT2D eigenvalue weighted by molar-refractivity contribution is 5.82. The average Bonchev–Trinajstić information content (AvgIpc) is 3.70. The maximum Gasteiger partial charge on any atom is 0.423 e. The normalized spacial score (nSPS) is 14.5. The Bertz CT molecular complexity index is 1660. The summed E-state index contributed by atoms with van der Waals surface area (Å²) in [5.74, 6) is 0.0611. The van der Waals surface area contributed by atoms with Gasteiger partial charge in [0.1, 0.15) is 17.2 Å². The second-order valence-electron chi connectivity index (χ2n) is 9.57. The third-order valence-electron chi connectivity index (χ3n) is 6.60. The topological polar surface area (TPSA) is 144 Å². The largest absolute Gasteiger partial charge is 0.423 e. The number of nitrogens with zero attached hydrogens (tertiary/aromatic N) is 5. The van der Waals surface area contributed by atoms with Crippen LogP contribution in [0.4, 0.5) is 29.1 Å². The van der Waals surface area contributed by atoms with E-state index in [1.165, 1.54) is 17.0 Å². The number of aromatic nitrogens is 6. The summed E-state index contributed by atoms with van der Waals surface area (Å²) in [4.78, 5) is 37.4. The summed E-state index contributed by atoms with van der Waals surface area (Å²) in [5, 5.41) is 7.94. The Morgan fingerprint density at radius 2 is 1.97 bits per heavy atom. The minimum atomic E-state index is -4.85. The molecule has 0 radical (unpaired) electrons. The average molecular weight is 545 g/mol. The first-order valence-electron chi connectivity index (χ1n) is 12.3. The molecule has 1 saturated carbocycles. The maximum atomic E-state index is 15.0. The van der Waals surface area contributed by atoms with Crippen molar-refractivity contribution < 1.29 is 17.6 Å². The highest BCUT2D eigenvalue weighted by Crippen LogP contribution is 2.42. The number of alkyl halides is 3. The molecule has 1 fully saturated rings. The second-order valence-corrected chi connectivity index (χ2v) is 9.57. The van der Waals surface area contributed by atoms with Gasteiger partial charge in [-0.15, -0.1) is 0 Å².